The van der Waals surface area contributed by atoms with Crippen LogP contribution in [0.25, 0.3) is 0 Å². The van der Waals surface area contributed by atoms with Crippen LogP contribution in [-0.2, 0) is 10.3 Å². The van der Waals surface area contributed by atoms with Crippen LogP contribution in [0.4, 0.5) is 0 Å². The molecule has 0 saturated heterocycles. The van der Waals surface area contributed by atoms with E-state index in [4.69, 9.17) is 4.74 Å². The molecule has 3 rings (SSSR count). The fourth-order valence-corrected chi connectivity index (χ4v) is 3.24. The van der Waals surface area contributed by atoms with Gasteiger partial charge in [0.05, 0.1) is 16.1 Å². The molecule has 0 aliphatic heterocycles. The molecule has 2 saturated carbocycles. The maximum atomic E-state index is 10.7. The van der Waals surface area contributed by atoms with Crippen LogP contribution in [0.15, 0.2) is 27.7 Å². The minimum atomic E-state index is -0.359. The largest absolute Gasteiger partial charge is 0.489 e. The first kappa shape index (κ1) is 12.9. The molecule has 0 unspecified atom stereocenters. The van der Waals surface area contributed by atoms with Crippen molar-refractivity contribution in [2.24, 2.45) is 4.99 Å². The number of hydrogen-bond donors (Lipinski definition) is 0. The van der Waals surface area contributed by atoms with Gasteiger partial charge in [-0.25, -0.2) is 4.79 Å². The van der Waals surface area contributed by atoms with Gasteiger partial charge in [-0.1, -0.05) is 18.9 Å². The van der Waals surface area contributed by atoms with Gasteiger partial charge in [0.25, 0.3) is 0 Å². The van der Waals surface area contributed by atoms with Gasteiger partial charge in [-0.15, -0.1) is 0 Å². The smallest absolute Gasteiger partial charge is 0.235 e. The monoisotopic (exact) mass is 321 g/mol. The molecular weight excluding hydrogens is 306 g/mol. The molecule has 2 aliphatic rings. The Morgan fingerprint density at radius 1 is 1.32 bits per heavy atom. The lowest BCUT2D eigenvalue weighted by atomic mass is 9.89. The van der Waals surface area contributed by atoms with E-state index in [2.05, 4.69) is 20.9 Å². The maximum Gasteiger partial charge on any atom is 0.235 e. The highest BCUT2D eigenvalue weighted by molar-refractivity contribution is 9.10. The number of benzene rings is 1. The van der Waals surface area contributed by atoms with E-state index in [1.54, 1.807) is 6.08 Å². The number of ether oxygens (including phenoxy) is 1. The number of hydrogen-bond acceptors (Lipinski definition) is 3. The Labute approximate surface area is 121 Å². The fraction of sp³-hybridized carbons (Fsp3) is 0.533. The topological polar surface area (TPSA) is 38.7 Å². The summed E-state index contributed by atoms with van der Waals surface area (Å²) in [7, 11) is 0. The molecular formula is C15H16BrNO2. The highest BCUT2D eigenvalue weighted by Gasteiger charge is 2.36. The number of aliphatic imine (C=N–C) groups is 1. The number of rotatable bonds is 4. The van der Waals surface area contributed by atoms with E-state index in [0.29, 0.717) is 6.10 Å². The van der Waals surface area contributed by atoms with Crippen molar-refractivity contribution in [3.05, 3.63) is 28.2 Å². The van der Waals surface area contributed by atoms with Crippen molar-refractivity contribution in [2.75, 3.05) is 0 Å². The standard InChI is InChI=1S/C15H16BrNO2/c16-13-9-11(3-6-14(13)19-12-4-5-12)15(17-10-18)7-1-2-8-15/h3,6,9,12H,1-2,4-5,7-8H2. The predicted octanol–water partition coefficient (Wildman–Crippen LogP) is 4.10. The quantitative estimate of drug-likeness (QED) is 0.618. The second kappa shape index (κ2) is 5.10. The highest BCUT2D eigenvalue weighted by Crippen LogP contribution is 2.44. The molecule has 0 radical (unpaired) electrons. The molecule has 0 amide bonds. The van der Waals surface area contributed by atoms with Gasteiger partial charge in [0.1, 0.15) is 5.75 Å². The van der Waals surface area contributed by atoms with E-state index in [-0.39, 0.29) is 5.54 Å². The summed E-state index contributed by atoms with van der Waals surface area (Å²) in [6.07, 6.45) is 8.52. The van der Waals surface area contributed by atoms with Gasteiger partial charge in [-0.3, -0.25) is 0 Å². The molecule has 4 heteroatoms. The van der Waals surface area contributed by atoms with E-state index in [9.17, 15) is 4.79 Å². The third-order valence-electron chi connectivity index (χ3n) is 3.98. The molecule has 0 aromatic heterocycles. The summed E-state index contributed by atoms with van der Waals surface area (Å²) in [6, 6.07) is 6.07. The average Bonchev–Trinajstić information content (AvgIpc) is 3.09. The van der Waals surface area contributed by atoms with Crippen LogP contribution in [0.5, 0.6) is 5.75 Å². The van der Waals surface area contributed by atoms with Gasteiger partial charge in [-0.05, 0) is 59.3 Å². The predicted molar refractivity (Wildman–Crippen MR) is 76.1 cm³/mol. The van der Waals surface area contributed by atoms with Crippen molar-refractivity contribution in [1.82, 2.24) is 0 Å². The summed E-state index contributed by atoms with van der Waals surface area (Å²) in [4.78, 5) is 14.8. The first-order chi connectivity index (χ1) is 9.23. The molecule has 0 atom stereocenters. The van der Waals surface area contributed by atoms with Crippen molar-refractivity contribution in [1.29, 1.82) is 0 Å². The summed E-state index contributed by atoms with van der Waals surface area (Å²) >= 11 is 3.56. The van der Waals surface area contributed by atoms with E-state index >= 15 is 0 Å². The van der Waals surface area contributed by atoms with E-state index in [1.807, 2.05) is 18.2 Å². The molecule has 0 bridgehead atoms. The molecule has 19 heavy (non-hydrogen) atoms. The highest BCUT2D eigenvalue weighted by atomic mass is 79.9. The summed E-state index contributed by atoms with van der Waals surface area (Å²) in [5.74, 6) is 0.884. The van der Waals surface area contributed by atoms with Gasteiger partial charge in [0.15, 0.2) is 0 Å². The molecule has 1 aromatic carbocycles. The van der Waals surface area contributed by atoms with Crippen molar-refractivity contribution >= 4 is 22.0 Å². The summed E-state index contributed by atoms with van der Waals surface area (Å²) in [6.45, 7) is 0. The van der Waals surface area contributed by atoms with Crippen LogP contribution >= 0.6 is 15.9 Å². The molecule has 0 heterocycles. The molecule has 3 nitrogen and oxygen atoms in total. The molecule has 0 spiro atoms. The lowest BCUT2D eigenvalue weighted by Crippen LogP contribution is -2.18. The Hall–Kier alpha value is -1.12. The van der Waals surface area contributed by atoms with Crippen LogP contribution in [-0.4, -0.2) is 12.2 Å². The lowest BCUT2D eigenvalue weighted by molar-refractivity contribution is 0.301. The number of carbonyl (C=O) groups excluding carboxylic acids is 1. The van der Waals surface area contributed by atoms with Crippen LogP contribution < -0.4 is 4.74 Å². The molecule has 0 N–H and O–H groups in total. The number of halogens is 1. The molecule has 100 valence electrons. The minimum Gasteiger partial charge on any atom is -0.489 e. The second-order valence-corrected chi connectivity index (χ2v) is 6.26. The number of nitrogens with zero attached hydrogens (tertiary/aromatic N) is 1. The average molecular weight is 322 g/mol. The second-order valence-electron chi connectivity index (χ2n) is 5.40. The molecule has 2 fully saturated rings. The van der Waals surface area contributed by atoms with Gasteiger partial charge in [-0.2, -0.15) is 4.99 Å². The first-order valence-corrected chi connectivity index (χ1v) is 7.58. The van der Waals surface area contributed by atoms with Crippen molar-refractivity contribution in [3.8, 4) is 5.75 Å². The van der Waals surface area contributed by atoms with Crippen LogP contribution in [0.3, 0.4) is 0 Å². The van der Waals surface area contributed by atoms with Crippen LogP contribution in [0, 0.1) is 0 Å². The fourth-order valence-electron chi connectivity index (χ4n) is 2.76. The third-order valence-corrected chi connectivity index (χ3v) is 4.60. The Morgan fingerprint density at radius 2 is 2.05 bits per heavy atom. The van der Waals surface area contributed by atoms with Crippen molar-refractivity contribution < 1.29 is 9.53 Å². The zero-order chi connectivity index (χ0) is 13.3. The summed E-state index contributed by atoms with van der Waals surface area (Å²) < 4.78 is 6.76. The van der Waals surface area contributed by atoms with E-state index < -0.39 is 0 Å². The van der Waals surface area contributed by atoms with Gasteiger partial charge < -0.3 is 4.74 Å². The van der Waals surface area contributed by atoms with Crippen LogP contribution in [0.2, 0.25) is 0 Å². The van der Waals surface area contributed by atoms with E-state index in [1.165, 1.54) is 0 Å². The lowest BCUT2D eigenvalue weighted by Gasteiger charge is -2.23. The molecule has 2 aliphatic carbocycles. The van der Waals surface area contributed by atoms with Gasteiger partial charge in [0.2, 0.25) is 6.08 Å². The van der Waals surface area contributed by atoms with Gasteiger partial charge >= 0.3 is 0 Å². The minimum absolute atomic E-state index is 0.359. The van der Waals surface area contributed by atoms with Gasteiger partial charge in [0, 0.05) is 0 Å². The third kappa shape index (κ3) is 2.60. The normalized spacial score (nSPS) is 20.9. The Bertz CT molecular complexity index is 527. The Kier molecular flexibility index (Phi) is 3.46. The number of isocyanates is 1. The van der Waals surface area contributed by atoms with Crippen molar-refractivity contribution in [2.45, 2.75) is 50.2 Å². The maximum absolute atomic E-state index is 10.7. The SMILES string of the molecule is O=C=NC1(c2ccc(OC3CC3)c(Br)c2)CCCC1. The van der Waals surface area contributed by atoms with E-state index in [0.717, 1.165) is 54.3 Å². The molecule has 1 aromatic rings. The first-order valence-electron chi connectivity index (χ1n) is 6.79. The Balaban J connectivity index is 1.91. The summed E-state index contributed by atoms with van der Waals surface area (Å²) in [5.41, 5.74) is 0.728. The zero-order valence-corrected chi connectivity index (χ0v) is 12.3. The zero-order valence-electron chi connectivity index (χ0n) is 10.7. The van der Waals surface area contributed by atoms with Crippen molar-refractivity contribution in [3.63, 3.8) is 0 Å². The summed E-state index contributed by atoms with van der Waals surface area (Å²) in [5, 5.41) is 0. The Morgan fingerprint density at radius 3 is 2.63 bits per heavy atom. The van der Waals surface area contributed by atoms with Crippen LogP contribution in [0.1, 0.15) is 44.1 Å².